The molecule has 0 amide bonds. The van der Waals surface area contributed by atoms with Crippen molar-refractivity contribution in [2.75, 3.05) is 0 Å². The van der Waals surface area contributed by atoms with Gasteiger partial charge in [0.1, 0.15) is 0 Å². The molecule has 1 aromatic rings. The first-order valence-corrected chi connectivity index (χ1v) is 3.75. The number of rotatable bonds is 3. The van der Waals surface area contributed by atoms with Crippen LogP contribution in [0, 0.1) is 10.1 Å². The van der Waals surface area contributed by atoms with Gasteiger partial charge >= 0.3 is 5.97 Å². The lowest BCUT2D eigenvalue weighted by atomic mass is 10.2. The van der Waals surface area contributed by atoms with Gasteiger partial charge in [-0.3, -0.25) is 10.1 Å². The fourth-order valence-corrected chi connectivity index (χ4v) is 0.875. The lowest BCUT2D eigenvalue weighted by Gasteiger charge is -1.92. The fourth-order valence-electron chi connectivity index (χ4n) is 0.875. The zero-order valence-electron chi connectivity index (χ0n) is 7.08. The molecule has 0 aliphatic rings. The lowest BCUT2D eigenvalue weighted by Crippen LogP contribution is -1.88. The number of carboxylic acid groups (broad SMARTS) is 1. The van der Waals surface area contributed by atoms with E-state index in [0.717, 1.165) is 6.08 Å². The lowest BCUT2D eigenvalue weighted by molar-refractivity contribution is -0.384. The molecule has 1 N–H and O–H groups in total. The molecule has 72 valence electrons. The molecule has 0 radical (unpaired) electrons. The van der Waals surface area contributed by atoms with E-state index in [1.807, 2.05) is 0 Å². The monoisotopic (exact) mass is 193 g/mol. The molecule has 0 saturated heterocycles. The van der Waals surface area contributed by atoms with Gasteiger partial charge in [0.15, 0.2) is 0 Å². The number of carbonyl (C=O) groups is 1. The highest BCUT2D eigenvalue weighted by Crippen LogP contribution is 2.12. The Balaban J connectivity index is 2.83. The van der Waals surface area contributed by atoms with E-state index in [-0.39, 0.29) is 5.69 Å². The molecule has 0 heterocycles. The number of hydrogen-bond acceptors (Lipinski definition) is 3. The molecule has 5 heteroatoms. The van der Waals surface area contributed by atoms with Crippen LogP contribution in [0.1, 0.15) is 5.56 Å². The van der Waals surface area contributed by atoms with E-state index in [1.54, 1.807) is 0 Å². The van der Waals surface area contributed by atoms with Crippen LogP contribution in [0.25, 0.3) is 6.08 Å². The average Bonchev–Trinajstić information content (AvgIpc) is 2.15. The van der Waals surface area contributed by atoms with E-state index >= 15 is 0 Å². The zero-order valence-corrected chi connectivity index (χ0v) is 7.08. The summed E-state index contributed by atoms with van der Waals surface area (Å²) >= 11 is 0. The highest BCUT2D eigenvalue weighted by Gasteiger charge is 2.02. The van der Waals surface area contributed by atoms with Crippen molar-refractivity contribution in [3.05, 3.63) is 46.0 Å². The molecule has 0 aliphatic carbocycles. The summed E-state index contributed by atoms with van der Waals surface area (Å²) in [6.07, 6.45) is 2.34. The van der Waals surface area contributed by atoms with Crippen LogP contribution >= 0.6 is 0 Å². The number of benzene rings is 1. The van der Waals surface area contributed by atoms with Crippen molar-refractivity contribution >= 4 is 17.7 Å². The van der Waals surface area contributed by atoms with Crippen molar-refractivity contribution in [3.8, 4) is 0 Å². The second-order valence-electron chi connectivity index (χ2n) is 2.52. The first-order chi connectivity index (χ1) is 6.59. The smallest absolute Gasteiger partial charge is 0.328 e. The van der Waals surface area contributed by atoms with Gasteiger partial charge in [0.2, 0.25) is 0 Å². The molecular formula is C9H7NO4. The van der Waals surface area contributed by atoms with Crippen LogP contribution in [0.4, 0.5) is 5.69 Å². The minimum Gasteiger partial charge on any atom is -0.478 e. The van der Waals surface area contributed by atoms with Crippen molar-refractivity contribution in [3.63, 3.8) is 0 Å². The van der Waals surface area contributed by atoms with E-state index in [0.29, 0.717) is 5.56 Å². The molecule has 1 aromatic carbocycles. The third kappa shape index (κ3) is 2.71. The Bertz CT molecular complexity index is 380. The van der Waals surface area contributed by atoms with E-state index < -0.39 is 10.9 Å². The standard InChI is InChI=1S/C9H7NO4/c11-9(12)6-3-7-1-4-8(5-2-7)10(13)14/h1-6H,(H,11,12). The molecule has 1 rings (SSSR count). The van der Waals surface area contributed by atoms with Crippen molar-refractivity contribution in [1.29, 1.82) is 0 Å². The van der Waals surface area contributed by atoms with Crippen LogP contribution in [0.2, 0.25) is 0 Å². The summed E-state index contributed by atoms with van der Waals surface area (Å²) in [4.78, 5) is 19.9. The summed E-state index contributed by atoms with van der Waals surface area (Å²) in [5.74, 6) is -1.05. The average molecular weight is 193 g/mol. The summed E-state index contributed by atoms with van der Waals surface area (Å²) in [6, 6.07) is 5.61. The van der Waals surface area contributed by atoms with Gasteiger partial charge in [0, 0.05) is 18.2 Å². The van der Waals surface area contributed by atoms with E-state index in [4.69, 9.17) is 5.11 Å². The third-order valence-electron chi connectivity index (χ3n) is 1.52. The highest BCUT2D eigenvalue weighted by atomic mass is 16.6. The van der Waals surface area contributed by atoms with Crippen LogP contribution in [0.3, 0.4) is 0 Å². The van der Waals surface area contributed by atoms with E-state index in [2.05, 4.69) is 0 Å². The van der Waals surface area contributed by atoms with Crippen LogP contribution in [0.15, 0.2) is 30.3 Å². The molecule has 0 bridgehead atoms. The molecule has 0 aromatic heterocycles. The first-order valence-electron chi connectivity index (χ1n) is 3.75. The zero-order chi connectivity index (χ0) is 10.6. The van der Waals surface area contributed by atoms with E-state index in [9.17, 15) is 14.9 Å². The van der Waals surface area contributed by atoms with E-state index in [1.165, 1.54) is 30.3 Å². The van der Waals surface area contributed by atoms with Crippen molar-refractivity contribution in [2.45, 2.75) is 0 Å². The third-order valence-corrected chi connectivity index (χ3v) is 1.52. The molecule has 0 spiro atoms. The highest BCUT2D eigenvalue weighted by molar-refractivity contribution is 5.85. The Labute approximate surface area is 79.4 Å². The minimum atomic E-state index is -1.05. The Morgan fingerprint density at radius 3 is 2.36 bits per heavy atom. The first kappa shape index (κ1) is 9.91. The van der Waals surface area contributed by atoms with Crippen LogP contribution in [-0.4, -0.2) is 16.0 Å². The van der Waals surface area contributed by atoms with Crippen molar-refractivity contribution in [2.24, 2.45) is 0 Å². The van der Waals surface area contributed by atoms with Crippen LogP contribution < -0.4 is 0 Å². The molecule has 14 heavy (non-hydrogen) atoms. The van der Waals surface area contributed by atoms with Crippen LogP contribution in [0.5, 0.6) is 0 Å². The van der Waals surface area contributed by atoms with Crippen LogP contribution in [-0.2, 0) is 4.79 Å². The molecule has 0 atom stereocenters. The second kappa shape index (κ2) is 4.18. The summed E-state index contributed by atoms with van der Waals surface area (Å²) in [5.41, 5.74) is 0.593. The van der Waals surface area contributed by atoms with Crippen molar-refractivity contribution in [1.82, 2.24) is 0 Å². The maximum absolute atomic E-state index is 10.3. The normalized spacial score (nSPS) is 10.3. The van der Waals surface area contributed by atoms with Gasteiger partial charge in [-0.1, -0.05) is 0 Å². The fraction of sp³-hybridized carbons (Fsp3) is 0. The van der Waals surface area contributed by atoms with Crippen molar-refractivity contribution < 1.29 is 14.8 Å². The topological polar surface area (TPSA) is 80.4 Å². The largest absolute Gasteiger partial charge is 0.478 e. The number of non-ortho nitro benzene ring substituents is 1. The summed E-state index contributed by atoms with van der Waals surface area (Å²) in [5, 5.41) is 18.6. The van der Waals surface area contributed by atoms with Gasteiger partial charge in [0.25, 0.3) is 5.69 Å². The number of nitro benzene ring substituents is 1. The SMILES string of the molecule is O=C(O)C=Cc1ccc([N+](=O)[O-])cc1. The Hall–Kier alpha value is -2.17. The quantitative estimate of drug-likeness (QED) is 0.450. The van der Waals surface area contributed by atoms with Gasteiger partial charge in [0.05, 0.1) is 4.92 Å². The molecule has 0 saturated carbocycles. The Morgan fingerprint density at radius 2 is 1.93 bits per heavy atom. The van der Waals surface area contributed by atoms with Gasteiger partial charge in [-0.25, -0.2) is 4.79 Å². The number of nitrogens with zero attached hydrogens (tertiary/aromatic N) is 1. The predicted octanol–water partition coefficient (Wildman–Crippen LogP) is 1.69. The number of carboxylic acids is 1. The minimum absolute atomic E-state index is 0.0162. The van der Waals surface area contributed by atoms with Gasteiger partial charge < -0.3 is 5.11 Å². The predicted molar refractivity (Wildman–Crippen MR) is 49.8 cm³/mol. The maximum Gasteiger partial charge on any atom is 0.328 e. The Kier molecular flexibility index (Phi) is 2.96. The second-order valence-corrected chi connectivity index (χ2v) is 2.52. The molecular weight excluding hydrogens is 186 g/mol. The van der Waals surface area contributed by atoms with Gasteiger partial charge in [-0.15, -0.1) is 0 Å². The maximum atomic E-state index is 10.3. The Morgan fingerprint density at radius 1 is 1.36 bits per heavy atom. The number of nitro groups is 1. The summed E-state index contributed by atoms with van der Waals surface area (Å²) < 4.78 is 0. The van der Waals surface area contributed by atoms with Gasteiger partial charge in [-0.2, -0.15) is 0 Å². The summed E-state index contributed by atoms with van der Waals surface area (Å²) in [6.45, 7) is 0. The summed E-state index contributed by atoms with van der Waals surface area (Å²) in [7, 11) is 0. The molecule has 5 nitrogen and oxygen atoms in total. The molecule has 0 aliphatic heterocycles. The molecule has 0 unspecified atom stereocenters. The number of hydrogen-bond donors (Lipinski definition) is 1. The number of aliphatic carboxylic acids is 1. The van der Waals surface area contributed by atoms with Gasteiger partial charge in [-0.05, 0) is 23.8 Å². The molecule has 0 fully saturated rings.